The highest BCUT2D eigenvalue weighted by molar-refractivity contribution is 9.10. The van der Waals surface area contributed by atoms with E-state index >= 15 is 0 Å². The molecule has 0 fully saturated rings. The molecule has 22 heavy (non-hydrogen) atoms. The van der Waals surface area contributed by atoms with Crippen molar-refractivity contribution in [2.45, 2.75) is 26.2 Å². The van der Waals surface area contributed by atoms with Gasteiger partial charge in [0.25, 0.3) is 0 Å². The van der Waals surface area contributed by atoms with Gasteiger partial charge in [0.1, 0.15) is 0 Å². The summed E-state index contributed by atoms with van der Waals surface area (Å²) in [6.45, 7) is 6.88. The van der Waals surface area contributed by atoms with E-state index in [0.29, 0.717) is 6.54 Å². The van der Waals surface area contributed by atoms with Gasteiger partial charge in [-0.3, -0.25) is 0 Å². The van der Waals surface area contributed by atoms with Gasteiger partial charge >= 0.3 is 6.03 Å². The van der Waals surface area contributed by atoms with Gasteiger partial charge < -0.3 is 10.6 Å². The van der Waals surface area contributed by atoms with E-state index in [1.807, 2.05) is 24.3 Å². The van der Waals surface area contributed by atoms with Crippen LogP contribution < -0.4 is 10.6 Å². The number of aryl methyl sites for hydroxylation is 1. The van der Waals surface area contributed by atoms with E-state index in [9.17, 15) is 4.79 Å². The number of urea groups is 1. The fraction of sp³-hybridized carbons (Fsp3) is 0.278. The van der Waals surface area contributed by atoms with Crippen molar-refractivity contribution >= 4 is 27.6 Å². The van der Waals surface area contributed by atoms with Gasteiger partial charge in [-0.05, 0) is 30.7 Å². The first-order valence-electron chi connectivity index (χ1n) is 7.24. The van der Waals surface area contributed by atoms with Crippen molar-refractivity contribution < 1.29 is 4.79 Å². The van der Waals surface area contributed by atoms with E-state index in [1.165, 1.54) is 11.1 Å². The largest absolute Gasteiger partial charge is 0.337 e. The second kappa shape index (κ2) is 6.97. The van der Waals surface area contributed by atoms with Crippen molar-refractivity contribution in [2.24, 2.45) is 0 Å². The molecule has 0 aliphatic carbocycles. The Labute approximate surface area is 140 Å². The molecular weight excluding hydrogens is 340 g/mol. The van der Waals surface area contributed by atoms with Crippen LogP contribution in [0, 0.1) is 6.92 Å². The summed E-state index contributed by atoms with van der Waals surface area (Å²) in [6.07, 6.45) is 0. The first kappa shape index (κ1) is 16.6. The van der Waals surface area contributed by atoms with Crippen LogP contribution in [-0.2, 0) is 5.41 Å². The summed E-state index contributed by atoms with van der Waals surface area (Å²) in [4.78, 5) is 12.0. The topological polar surface area (TPSA) is 41.1 Å². The molecule has 0 bridgehead atoms. The maximum Gasteiger partial charge on any atom is 0.319 e. The molecule has 2 aromatic carbocycles. The zero-order chi connectivity index (χ0) is 16.2. The van der Waals surface area contributed by atoms with Crippen LogP contribution in [-0.4, -0.2) is 12.6 Å². The van der Waals surface area contributed by atoms with Crippen molar-refractivity contribution in [3.8, 4) is 0 Å². The van der Waals surface area contributed by atoms with Gasteiger partial charge in [-0.15, -0.1) is 0 Å². The van der Waals surface area contributed by atoms with E-state index in [-0.39, 0.29) is 11.4 Å². The minimum absolute atomic E-state index is 0.123. The number of rotatable bonds is 4. The van der Waals surface area contributed by atoms with E-state index in [1.54, 1.807) is 0 Å². The van der Waals surface area contributed by atoms with Crippen LogP contribution in [0.1, 0.15) is 25.0 Å². The predicted octanol–water partition coefficient (Wildman–Crippen LogP) is 4.86. The number of nitrogens with one attached hydrogen (secondary N) is 2. The standard InChI is InChI=1S/C18H21BrN2O/c1-13-7-9-14(10-8-13)18(2,3)12-20-17(22)21-16-6-4-5-15(19)11-16/h4-11H,12H2,1-3H3,(H2,20,21,22). The number of carbonyl (C=O) groups excluding carboxylic acids is 1. The maximum atomic E-state index is 12.0. The van der Waals surface area contributed by atoms with Crippen LogP contribution in [0.5, 0.6) is 0 Å². The lowest BCUT2D eigenvalue weighted by Gasteiger charge is -2.26. The SMILES string of the molecule is Cc1ccc(C(C)(C)CNC(=O)Nc2cccc(Br)c2)cc1. The third kappa shape index (κ3) is 4.60. The summed E-state index contributed by atoms with van der Waals surface area (Å²) in [7, 11) is 0. The number of halogens is 1. The second-order valence-corrected chi connectivity index (χ2v) is 6.98. The van der Waals surface area contributed by atoms with Crippen molar-refractivity contribution in [2.75, 3.05) is 11.9 Å². The highest BCUT2D eigenvalue weighted by Gasteiger charge is 2.21. The molecular formula is C18H21BrN2O. The number of hydrogen-bond acceptors (Lipinski definition) is 1. The molecule has 2 aromatic rings. The number of hydrogen-bond donors (Lipinski definition) is 2. The Balaban J connectivity index is 1.93. The van der Waals surface area contributed by atoms with Gasteiger partial charge in [0.05, 0.1) is 0 Å². The van der Waals surface area contributed by atoms with Crippen LogP contribution in [0.15, 0.2) is 53.0 Å². The average Bonchev–Trinajstić information content (AvgIpc) is 2.46. The molecule has 0 saturated carbocycles. The van der Waals surface area contributed by atoms with Crippen molar-refractivity contribution in [3.05, 3.63) is 64.1 Å². The molecule has 0 spiro atoms. The van der Waals surface area contributed by atoms with Gasteiger partial charge in [0, 0.05) is 22.1 Å². The zero-order valence-corrected chi connectivity index (χ0v) is 14.7. The monoisotopic (exact) mass is 360 g/mol. The highest BCUT2D eigenvalue weighted by atomic mass is 79.9. The quantitative estimate of drug-likeness (QED) is 0.803. The molecule has 4 heteroatoms. The third-order valence-corrected chi connectivity index (χ3v) is 4.10. The average molecular weight is 361 g/mol. The van der Waals surface area contributed by atoms with Gasteiger partial charge in [0.15, 0.2) is 0 Å². The predicted molar refractivity (Wildman–Crippen MR) is 95.4 cm³/mol. The van der Waals surface area contributed by atoms with Gasteiger partial charge in [-0.25, -0.2) is 4.79 Å². The van der Waals surface area contributed by atoms with Crippen LogP contribution in [0.25, 0.3) is 0 Å². The van der Waals surface area contributed by atoms with Crippen LogP contribution in [0.4, 0.5) is 10.5 Å². The lowest BCUT2D eigenvalue weighted by molar-refractivity contribution is 0.249. The Kier molecular flexibility index (Phi) is 5.24. The second-order valence-electron chi connectivity index (χ2n) is 6.07. The minimum Gasteiger partial charge on any atom is -0.337 e. The van der Waals surface area contributed by atoms with Crippen LogP contribution in [0.3, 0.4) is 0 Å². The number of anilines is 1. The summed E-state index contributed by atoms with van der Waals surface area (Å²) in [5.41, 5.74) is 3.09. The van der Waals surface area contributed by atoms with E-state index < -0.39 is 0 Å². The molecule has 2 N–H and O–H groups in total. The van der Waals surface area contributed by atoms with Crippen molar-refractivity contribution in [1.82, 2.24) is 5.32 Å². The third-order valence-electron chi connectivity index (χ3n) is 3.61. The first-order valence-corrected chi connectivity index (χ1v) is 8.04. The normalized spacial score (nSPS) is 11.1. The van der Waals surface area contributed by atoms with E-state index in [4.69, 9.17) is 0 Å². The Morgan fingerprint density at radius 2 is 1.82 bits per heavy atom. The number of benzene rings is 2. The summed E-state index contributed by atoms with van der Waals surface area (Å²) in [6, 6.07) is 15.8. The molecule has 2 rings (SSSR count). The molecule has 0 aliphatic rings. The fourth-order valence-corrected chi connectivity index (χ4v) is 2.55. The molecule has 116 valence electrons. The molecule has 0 atom stereocenters. The number of amides is 2. The molecule has 0 heterocycles. The Hall–Kier alpha value is -1.81. The highest BCUT2D eigenvalue weighted by Crippen LogP contribution is 2.22. The van der Waals surface area contributed by atoms with Crippen molar-refractivity contribution in [1.29, 1.82) is 0 Å². The Bertz CT molecular complexity index is 650. The minimum atomic E-state index is -0.196. The summed E-state index contributed by atoms with van der Waals surface area (Å²) >= 11 is 3.39. The van der Waals surface area contributed by atoms with Gasteiger partial charge in [-0.1, -0.05) is 65.7 Å². The zero-order valence-electron chi connectivity index (χ0n) is 13.1. The fourth-order valence-electron chi connectivity index (χ4n) is 2.15. The Morgan fingerprint density at radius 1 is 1.14 bits per heavy atom. The Morgan fingerprint density at radius 3 is 2.45 bits per heavy atom. The van der Waals surface area contributed by atoms with E-state index in [0.717, 1.165) is 10.2 Å². The molecule has 3 nitrogen and oxygen atoms in total. The molecule has 0 aromatic heterocycles. The van der Waals surface area contributed by atoms with Crippen LogP contribution in [0.2, 0.25) is 0 Å². The van der Waals surface area contributed by atoms with Crippen LogP contribution >= 0.6 is 15.9 Å². The van der Waals surface area contributed by atoms with Crippen molar-refractivity contribution in [3.63, 3.8) is 0 Å². The van der Waals surface area contributed by atoms with E-state index in [2.05, 4.69) is 71.6 Å². The molecule has 0 radical (unpaired) electrons. The summed E-state index contributed by atoms with van der Waals surface area (Å²) < 4.78 is 0.935. The lowest BCUT2D eigenvalue weighted by atomic mass is 9.84. The maximum absolute atomic E-state index is 12.0. The number of carbonyl (C=O) groups is 1. The summed E-state index contributed by atoms with van der Waals surface area (Å²) in [5, 5.41) is 5.77. The first-order chi connectivity index (χ1) is 10.4. The summed E-state index contributed by atoms with van der Waals surface area (Å²) in [5.74, 6) is 0. The molecule has 0 aliphatic heterocycles. The lowest BCUT2D eigenvalue weighted by Crippen LogP contribution is -2.38. The smallest absolute Gasteiger partial charge is 0.319 e. The molecule has 0 unspecified atom stereocenters. The molecule has 0 saturated heterocycles. The van der Waals surface area contributed by atoms with Gasteiger partial charge in [-0.2, -0.15) is 0 Å². The van der Waals surface area contributed by atoms with Gasteiger partial charge in [0.2, 0.25) is 0 Å². The molecule has 2 amide bonds.